The Balaban J connectivity index is 2.44. The fourth-order valence-electron chi connectivity index (χ4n) is 1.44. The summed E-state index contributed by atoms with van der Waals surface area (Å²) in [5.41, 5.74) is 0. The molecule has 0 bridgehead atoms. The van der Waals surface area contributed by atoms with Crippen LogP contribution in [0.15, 0.2) is 0 Å². The average molecular weight is 255 g/mol. The molecule has 0 spiro atoms. The van der Waals surface area contributed by atoms with Gasteiger partial charge in [0.2, 0.25) is 0 Å². The van der Waals surface area contributed by atoms with Crippen LogP contribution in [0.1, 0.15) is 6.92 Å². The molecule has 8 heteroatoms. The first kappa shape index (κ1) is 13.1. The van der Waals surface area contributed by atoms with Crippen LogP contribution in [0.25, 0.3) is 0 Å². The molecule has 0 saturated carbocycles. The maximum absolute atomic E-state index is 10.9. The lowest BCUT2D eigenvalue weighted by Gasteiger charge is -2.28. The maximum Gasteiger partial charge on any atom is 0.613 e. The molecule has 1 rings (SSSR count). The lowest BCUT2D eigenvalue weighted by Crippen LogP contribution is -2.44. The third-order valence-corrected chi connectivity index (χ3v) is 3.31. The molecule has 4 atom stereocenters. The van der Waals surface area contributed by atoms with Gasteiger partial charge in [0, 0.05) is 0 Å². The van der Waals surface area contributed by atoms with E-state index in [0.29, 0.717) is 13.1 Å². The third-order valence-electron chi connectivity index (χ3n) is 1.99. The van der Waals surface area contributed by atoms with Gasteiger partial charge in [0.1, 0.15) is 12.7 Å². The van der Waals surface area contributed by atoms with Crippen LogP contribution >= 0.6 is 16.2 Å². The monoisotopic (exact) mass is 255 g/mol. The van der Waals surface area contributed by atoms with E-state index in [-0.39, 0.29) is 18.8 Å². The van der Waals surface area contributed by atoms with Crippen molar-refractivity contribution < 1.29 is 23.3 Å². The summed E-state index contributed by atoms with van der Waals surface area (Å²) in [4.78, 5) is 8.97. The quantitative estimate of drug-likeness (QED) is 0.758. The first-order valence-corrected chi connectivity index (χ1v) is 7.38. The summed E-state index contributed by atoms with van der Waals surface area (Å²) < 4.78 is 33.5. The third kappa shape index (κ3) is 4.60. The summed E-state index contributed by atoms with van der Waals surface area (Å²) in [6, 6.07) is 0. The Morgan fingerprint density at radius 3 is 2.73 bits per heavy atom. The largest absolute Gasteiger partial charge is 0.613 e. The Labute approximate surface area is 90.3 Å². The molecule has 1 heterocycles. The molecule has 6 nitrogen and oxygen atoms in total. The van der Waals surface area contributed by atoms with Gasteiger partial charge in [-0.05, 0) is 16.1 Å². The van der Waals surface area contributed by atoms with E-state index in [1.165, 1.54) is 11.3 Å². The average Bonchev–Trinajstić information content (AvgIpc) is 2.13. The molecule has 0 radical (unpaired) electrons. The minimum Gasteiger partial charge on any atom is -0.370 e. The summed E-state index contributed by atoms with van der Waals surface area (Å²) in [5.74, 6) is 0. The molecule has 1 N–H and O–H groups in total. The zero-order valence-electron chi connectivity index (χ0n) is 8.70. The Bertz CT molecular complexity index is 262. The molecule has 0 aromatic rings. The molecule has 1 fully saturated rings. The normalized spacial score (nSPS) is 30.1. The van der Waals surface area contributed by atoms with Crippen LogP contribution in [-0.4, -0.2) is 48.1 Å². The number of rotatable bonds is 4. The number of ether oxygens (including phenoxy) is 1. The van der Waals surface area contributed by atoms with E-state index in [1.807, 2.05) is 6.92 Å². The highest BCUT2D eigenvalue weighted by molar-refractivity contribution is 7.38. The second-order valence-corrected chi connectivity index (χ2v) is 5.64. The van der Waals surface area contributed by atoms with Crippen LogP contribution in [0.3, 0.4) is 0 Å². The SMILES string of the molecule is CC1CN([P+](=O)O)CC(CO[P+](C)=O)O1. The van der Waals surface area contributed by atoms with E-state index in [0.717, 1.165) is 0 Å². The van der Waals surface area contributed by atoms with Gasteiger partial charge in [-0.15, -0.1) is 9.42 Å². The lowest BCUT2D eigenvalue weighted by molar-refractivity contribution is -0.0711. The first-order chi connectivity index (χ1) is 6.99. The Morgan fingerprint density at radius 2 is 2.20 bits per heavy atom. The van der Waals surface area contributed by atoms with Crippen LogP contribution in [0, 0.1) is 0 Å². The molecule has 1 aliphatic rings. The summed E-state index contributed by atoms with van der Waals surface area (Å²) in [7, 11) is -3.98. The van der Waals surface area contributed by atoms with Crippen molar-refractivity contribution in [3.8, 4) is 0 Å². The van der Waals surface area contributed by atoms with E-state index in [9.17, 15) is 9.13 Å². The van der Waals surface area contributed by atoms with Gasteiger partial charge in [-0.2, -0.15) is 0 Å². The minimum atomic E-state index is -2.32. The minimum absolute atomic E-state index is 0.117. The first-order valence-electron chi connectivity index (χ1n) is 4.59. The molecule has 1 aliphatic heterocycles. The summed E-state index contributed by atoms with van der Waals surface area (Å²) >= 11 is 0. The number of nitrogens with zero attached hydrogens (tertiary/aromatic N) is 1. The van der Waals surface area contributed by atoms with E-state index in [1.54, 1.807) is 0 Å². The topological polar surface area (TPSA) is 76.1 Å². The van der Waals surface area contributed by atoms with Crippen molar-refractivity contribution in [2.75, 3.05) is 26.4 Å². The highest BCUT2D eigenvalue weighted by Gasteiger charge is 2.37. The van der Waals surface area contributed by atoms with Crippen molar-refractivity contribution in [3.63, 3.8) is 0 Å². The highest BCUT2D eigenvalue weighted by atomic mass is 31.1. The van der Waals surface area contributed by atoms with Crippen LogP contribution in [0.4, 0.5) is 0 Å². The second kappa shape index (κ2) is 5.94. The molecule has 86 valence electrons. The van der Waals surface area contributed by atoms with Gasteiger partial charge in [-0.3, -0.25) is 0 Å². The van der Waals surface area contributed by atoms with Crippen LogP contribution in [0.2, 0.25) is 0 Å². The fourth-order valence-corrected chi connectivity index (χ4v) is 2.51. The molecule has 15 heavy (non-hydrogen) atoms. The maximum atomic E-state index is 10.9. The molecule has 0 aromatic heterocycles. The predicted molar refractivity (Wildman–Crippen MR) is 55.2 cm³/mol. The van der Waals surface area contributed by atoms with Crippen LogP contribution in [-0.2, 0) is 18.4 Å². The number of hydrogen-bond donors (Lipinski definition) is 1. The van der Waals surface area contributed by atoms with Gasteiger partial charge < -0.3 is 4.74 Å². The van der Waals surface area contributed by atoms with Crippen LogP contribution < -0.4 is 0 Å². The molecule has 1 saturated heterocycles. The summed E-state index contributed by atoms with van der Waals surface area (Å²) in [6.07, 6.45) is -0.410. The van der Waals surface area contributed by atoms with Gasteiger partial charge in [-0.1, -0.05) is 4.67 Å². The van der Waals surface area contributed by atoms with Gasteiger partial charge in [0.15, 0.2) is 6.66 Å². The molecule has 0 amide bonds. The Hall–Kier alpha value is 0.0400. The second-order valence-electron chi connectivity index (χ2n) is 3.43. The molecular weight excluding hydrogens is 240 g/mol. The van der Waals surface area contributed by atoms with Gasteiger partial charge in [-0.25, -0.2) is 0 Å². The van der Waals surface area contributed by atoms with Gasteiger partial charge in [0.05, 0.1) is 19.2 Å². The van der Waals surface area contributed by atoms with Gasteiger partial charge in [0.25, 0.3) is 0 Å². The van der Waals surface area contributed by atoms with Crippen LogP contribution in [0.5, 0.6) is 0 Å². The van der Waals surface area contributed by atoms with Crippen molar-refractivity contribution in [2.45, 2.75) is 19.1 Å². The lowest BCUT2D eigenvalue weighted by atomic mass is 10.2. The van der Waals surface area contributed by atoms with Crippen molar-refractivity contribution in [3.05, 3.63) is 0 Å². The van der Waals surface area contributed by atoms with Crippen molar-refractivity contribution >= 4 is 16.2 Å². The number of morpholine rings is 1. The standard InChI is InChI=1S/C7H14NO5P2/c1-6-3-8(15(10)11)4-7(13-6)5-12-14(2)9/h6-7H,3-5H2,1-2H3/q+1/p+1. The summed E-state index contributed by atoms with van der Waals surface area (Å²) in [6.45, 7) is 4.24. The van der Waals surface area contributed by atoms with E-state index in [2.05, 4.69) is 0 Å². The Morgan fingerprint density at radius 1 is 1.53 bits per heavy atom. The smallest absolute Gasteiger partial charge is 0.370 e. The van der Waals surface area contributed by atoms with E-state index < -0.39 is 16.2 Å². The van der Waals surface area contributed by atoms with E-state index >= 15 is 0 Å². The van der Waals surface area contributed by atoms with E-state index in [4.69, 9.17) is 14.2 Å². The number of hydrogen-bond acceptors (Lipinski definition) is 4. The predicted octanol–water partition coefficient (Wildman–Crippen LogP) is 1.11. The van der Waals surface area contributed by atoms with Crippen molar-refractivity contribution in [1.29, 1.82) is 0 Å². The Kier molecular flexibility index (Phi) is 5.19. The molecular formula is C7H15NO5P2+2. The zero-order valence-corrected chi connectivity index (χ0v) is 10.5. The summed E-state index contributed by atoms with van der Waals surface area (Å²) in [5, 5.41) is 0. The molecule has 4 unspecified atom stereocenters. The van der Waals surface area contributed by atoms with Crippen molar-refractivity contribution in [2.24, 2.45) is 0 Å². The fraction of sp³-hybridized carbons (Fsp3) is 1.00. The zero-order chi connectivity index (χ0) is 11.4. The van der Waals surface area contributed by atoms with Crippen molar-refractivity contribution in [1.82, 2.24) is 4.67 Å². The van der Waals surface area contributed by atoms with Gasteiger partial charge >= 0.3 is 16.2 Å². The molecule has 0 aliphatic carbocycles. The molecule has 0 aromatic carbocycles. The highest BCUT2D eigenvalue weighted by Crippen LogP contribution is 2.27.